The minimum absolute atomic E-state index is 1.08. The second-order valence-electron chi connectivity index (χ2n) is 9.78. The zero-order chi connectivity index (χ0) is 28.2. The summed E-state index contributed by atoms with van der Waals surface area (Å²) in [6.45, 7) is 0. The number of rotatable bonds is 1. The molecule has 0 bridgehead atoms. The Morgan fingerprint density at radius 3 is 1.83 bits per heavy atom. The summed E-state index contributed by atoms with van der Waals surface area (Å²) in [5.74, 6) is 0. The van der Waals surface area contributed by atoms with Crippen LogP contribution >= 0.6 is 54.5 Å². The Kier molecular flexibility index (Phi) is 8.70. The summed E-state index contributed by atoms with van der Waals surface area (Å²) < 4.78 is 5.88. The first-order valence-corrected chi connectivity index (χ1v) is 16.1. The quantitative estimate of drug-likeness (QED) is 0.147. The highest BCUT2D eigenvalue weighted by molar-refractivity contribution is 14.1. The molecule has 0 saturated heterocycles. The summed E-state index contributed by atoms with van der Waals surface area (Å²) >= 11 is 9.37. The summed E-state index contributed by atoms with van der Waals surface area (Å²) in [5.41, 5.74) is 9.34. The van der Waals surface area contributed by atoms with Crippen LogP contribution in [-0.4, -0.2) is 4.57 Å². The third kappa shape index (κ3) is 6.20. The van der Waals surface area contributed by atoms with E-state index < -0.39 is 0 Å². The molecule has 0 unspecified atom stereocenters. The molecule has 1 aliphatic rings. The van der Waals surface area contributed by atoms with E-state index in [9.17, 15) is 0 Å². The molecular formula is C37H26Br2IN. The van der Waals surface area contributed by atoms with Crippen molar-refractivity contribution in [2.24, 2.45) is 0 Å². The van der Waals surface area contributed by atoms with Crippen molar-refractivity contribution in [3.63, 3.8) is 0 Å². The van der Waals surface area contributed by atoms with Gasteiger partial charge in [0.2, 0.25) is 0 Å². The normalized spacial score (nSPS) is 11.2. The van der Waals surface area contributed by atoms with Crippen LogP contribution < -0.4 is 0 Å². The monoisotopic (exact) mass is 769 g/mol. The number of aromatic nitrogens is 1. The molecule has 0 N–H and O–H groups in total. The van der Waals surface area contributed by atoms with Crippen LogP contribution in [0.1, 0.15) is 11.1 Å². The molecule has 7 aromatic rings. The molecule has 0 fully saturated rings. The molecule has 1 nitrogen and oxygen atoms in total. The summed E-state index contributed by atoms with van der Waals surface area (Å²) in [5, 5.41) is 2.56. The third-order valence-electron chi connectivity index (χ3n) is 7.14. The van der Waals surface area contributed by atoms with Gasteiger partial charge >= 0.3 is 0 Å². The lowest BCUT2D eigenvalue weighted by molar-refractivity contribution is 1.18. The van der Waals surface area contributed by atoms with E-state index in [0.29, 0.717) is 0 Å². The van der Waals surface area contributed by atoms with E-state index in [2.05, 4.69) is 180 Å². The van der Waals surface area contributed by atoms with Crippen LogP contribution in [0, 0.1) is 3.57 Å². The molecule has 0 atom stereocenters. The summed E-state index contributed by atoms with van der Waals surface area (Å²) in [6, 6.07) is 50.9. The van der Waals surface area contributed by atoms with E-state index in [1.54, 1.807) is 0 Å². The minimum Gasteiger partial charge on any atom is -0.309 e. The van der Waals surface area contributed by atoms with Gasteiger partial charge in [0.1, 0.15) is 0 Å². The molecule has 1 aromatic heterocycles. The molecule has 41 heavy (non-hydrogen) atoms. The van der Waals surface area contributed by atoms with Crippen molar-refractivity contribution in [1.82, 2.24) is 4.57 Å². The lowest BCUT2D eigenvalue weighted by Gasteiger charge is -2.07. The maximum absolute atomic E-state index is 3.57. The molecule has 0 amide bonds. The van der Waals surface area contributed by atoms with Crippen LogP contribution in [-0.2, 0) is 6.42 Å². The highest BCUT2D eigenvalue weighted by Crippen LogP contribution is 2.37. The molecule has 1 heterocycles. The predicted molar refractivity (Wildman–Crippen MR) is 190 cm³/mol. The standard InChI is InChI=1S/C18H12BrN.C13H9Br.C6H5I/c19-13-10-11-18-16(12-13)15-8-4-5-9-17(15)20(18)14-6-2-1-3-7-14;14-11-6-5-10-7-9-3-1-2-4-12(9)13(10)8-11;7-6-4-2-1-3-5-6/h1-12H;1-6,8H,7H2;1-5H. The Hall–Kier alpha value is -3.19. The molecule has 0 aliphatic heterocycles. The van der Waals surface area contributed by atoms with Gasteiger partial charge < -0.3 is 4.57 Å². The van der Waals surface area contributed by atoms with Crippen molar-refractivity contribution < 1.29 is 0 Å². The maximum Gasteiger partial charge on any atom is 0.0541 e. The molecule has 0 saturated carbocycles. The second kappa shape index (κ2) is 12.8. The van der Waals surface area contributed by atoms with E-state index in [1.807, 2.05) is 24.3 Å². The van der Waals surface area contributed by atoms with Crippen molar-refractivity contribution in [2.75, 3.05) is 0 Å². The van der Waals surface area contributed by atoms with Gasteiger partial charge in [-0.3, -0.25) is 0 Å². The van der Waals surface area contributed by atoms with Crippen molar-refractivity contribution in [3.8, 4) is 16.8 Å². The molecule has 1 aliphatic carbocycles. The zero-order valence-electron chi connectivity index (χ0n) is 22.1. The molecule has 4 heteroatoms. The van der Waals surface area contributed by atoms with Crippen molar-refractivity contribution in [2.45, 2.75) is 6.42 Å². The van der Waals surface area contributed by atoms with Gasteiger partial charge in [-0.05, 0) is 112 Å². The topological polar surface area (TPSA) is 4.93 Å². The summed E-state index contributed by atoms with van der Waals surface area (Å²) in [6.07, 6.45) is 1.08. The van der Waals surface area contributed by atoms with E-state index in [-0.39, 0.29) is 0 Å². The fraction of sp³-hybridized carbons (Fsp3) is 0.0270. The first-order chi connectivity index (χ1) is 20.1. The highest BCUT2D eigenvalue weighted by Gasteiger charge is 2.17. The van der Waals surface area contributed by atoms with Crippen molar-refractivity contribution in [3.05, 3.63) is 169 Å². The average Bonchev–Trinajstić information content (AvgIpc) is 3.54. The largest absolute Gasteiger partial charge is 0.309 e. The third-order valence-corrected chi connectivity index (χ3v) is 8.85. The Balaban J connectivity index is 0.000000124. The fourth-order valence-electron chi connectivity index (χ4n) is 5.31. The Labute approximate surface area is 271 Å². The van der Waals surface area contributed by atoms with Crippen LogP contribution in [0.4, 0.5) is 0 Å². The number of fused-ring (bicyclic) bond motifs is 6. The molecule has 6 aromatic carbocycles. The van der Waals surface area contributed by atoms with Gasteiger partial charge in [-0.25, -0.2) is 0 Å². The van der Waals surface area contributed by atoms with E-state index >= 15 is 0 Å². The van der Waals surface area contributed by atoms with Crippen LogP contribution in [0.3, 0.4) is 0 Å². The van der Waals surface area contributed by atoms with Gasteiger partial charge in [0.05, 0.1) is 11.0 Å². The molecule has 8 rings (SSSR count). The zero-order valence-corrected chi connectivity index (χ0v) is 27.5. The first kappa shape index (κ1) is 28.0. The minimum atomic E-state index is 1.08. The van der Waals surface area contributed by atoms with E-state index in [1.165, 1.54) is 53.3 Å². The van der Waals surface area contributed by atoms with Crippen LogP contribution in [0.5, 0.6) is 0 Å². The summed E-state index contributed by atoms with van der Waals surface area (Å²) in [4.78, 5) is 0. The van der Waals surface area contributed by atoms with Gasteiger partial charge in [0, 0.05) is 29.0 Å². The van der Waals surface area contributed by atoms with Crippen LogP contribution in [0.15, 0.2) is 155 Å². The number of para-hydroxylation sites is 2. The SMILES string of the molecule is Brc1ccc2c(c1)-c1ccccc1C2.Brc1ccc2c(c1)c1ccccc1n2-c1ccccc1.Ic1ccccc1. The Morgan fingerprint density at radius 2 is 1.07 bits per heavy atom. The second-order valence-corrected chi connectivity index (χ2v) is 12.9. The Bertz CT molecular complexity index is 1950. The van der Waals surface area contributed by atoms with Gasteiger partial charge in [0.15, 0.2) is 0 Å². The van der Waals surface area contributed by atoms with Crippen molar-refractivity contribution in [1.29, 1.82) is 0 Å². The van der Waals surface area contributed by atoms with Gasteiger partial charge in [-0.2, -0.15) is 0 Å². The predicted octanol–water partition coefficient (Wildman–Crippen LogP) is 11.9. The molecule has 0 spiro atoms. The van der Waals surface area contributed by atoms with Gasteiger partial charge in [0.25, 0.3) is 0 Å². The van der Waals surface area contributed by atoms with Crippen molar-refractivity contribution >= 4 is 76.3 Å². The first-order valence-electron chi connectivity index (χ1n) is 13.4. The Morgan fingerprint density at radius 1 is 0.488 bits per heavy atom. The maximum atomic E-state index is 3.57. The van der Waals surface area contributed by atoms with Gasteiger partial charge in [-0.15, -0.1) is 0 Å². The number of halogens is 3. The lowest BCUT2D eigenvalue weighted by atomic mass is 10.1. The van der Waals surface area contributed by atoms with Crippen LogP contribution in [0.25, 0.3) is 38.6 Å². The summed E-state index contributed by atoms with van der Waals surface area (Å²) in [7, 11) is 0. The van der Waals surface area contributed by atoms with Crippen LogP contribution in [0.2, 0.25) is 0 Å². The average molecular weight is 771 g/mol. The number of hydrogen-bond acceptors (Lipinski definition) is 0. The fourth-order valence-corrected chi connectivity index (χ4v) is 6.45. The van der Waals surface area contributed by atoms with E-state index in [4.69, 9.17) is 0 Å². The smallest absolute Gasteiger partial charge is 0.0541 e. The molecule has 200 valence electrons. The number of benzene rings is 6. The molecule has 0 radical (unpaired) electrons. The number of nitrogens with zero attached hydrogens (tertiary/aromatic N) is 1. The van der Waals surface area contributed by atoms with Gasteiger partial charge in [-0.1, -0.05) is 117 Å². The molecular weight excluding hydrogens is 745 g/mol. The number of hydrogen-bond donors (Lipinski definition) is 0. The lowest BCUT2D eigenvalue weighted by Crippen LogP contribution is -1.92. The van der Waals surface area contributed by atoms with E-state index in [0.717, 1.165) is 15.4 Å². The highest BCUT2D eigenvalue weighted by atomic mass is 127.